The predicted molar refractivity (Wildman–Crippen MR) is 143 cm³/mol. The summed E-state index contributed by atoms with van der Waals surface area (Å²) < 4.78 is 1.99. The Morgan fingerprint density at radius 2 is 1.91 bits per heavy atom. The molecule has 0 spiro atoms. The molecular formula is C28H40N6O. The molecule has 7 heteroatoms. The topological polar surface area (TPSA) is 75.1 Å². The molecule has 0 saturated carbocycles. The highest BCUT2D eigenvalue weighted by Crippen LogP contribution is 2.24. The van der Waals surface area contributed by atoms with Gasteiger partial charge in [0.15, 0.2) is 0 Å². The largest absolute Gasteiger partial charge is 0.321 e. The number of carbonyl (C=O) groups excluding carboxylic acids is 1. The number of nitrogens with zero attached hydrogens (tertiary/aromatic N) is 4. The van der Waals surface area contributed by atoms with Crippen LogP contribution in [0.1, 0.15) is 68.3 Å². The molecule has 0 saturated heterocycles. The fourth-order valence-corrected chi connectivity index (χ4v) is 4.07. The molecule has 3 aromatic rings. The van der Waals surface area contributed by atoms with Gasteiger partial charge in [-0.1, -0.05) is 34.6 Å². The average molecular weight is 477 g/mol. The van der Waals surface area contributed by atoms with Gasteiger partial charge >= 0.3 is 0 Å². The average Bonchev–Trinajstić information content (AvgIpc) is 3.27. The summed E-state index contributed by atoms with van der Waals surface area (Å²) in [4.78, 5) is 24.3. The number of benzene rings is 1. The highest BCUT2D eigenvalue weighted by molar-refractivity contribution is 6.03. The second-order valence-electron chi connectivity index (χ2n) is 10.2. The molecule has 0 fully saturated rings. The molecule has 3 rings (SSSR count). The number of likely N-dealkylation sites (N-methyl/N-ethyl adjacent to an activating group) is 2. The summed E-state index contributed by atoms with van der Waals surface area (Å²) in [5.41, 5.74) is 5.22. The van der Waals surface area contributed by atoms with E-state index in [9.17, 15) is 4.79 Å². The normalized spacial score (nSPS) is 12.7. The summed E-state index contributed by atoms with van der Waals surface area (Å²) in [6.07, 6.45) is 6.57. The lowest BCUT2D eigenvalue weighted by atomic mass is 9.87. The lowest BCUT2D eigenvalue weighted by Crippen LogP contribution is -2.38. The van der Waals surface area contributed by atoms with E-state index in [4.69, 9.17) is 0 Å². The molecule has 0 aliphatic carbocycles. The van der Waals surface area contributed by atoms with Crippen LogP contribution in [0.15, 0.2) is 49.1 Å². The van der Waals surface area contributed by atoms with E-state index in [2.05, 4.69) is 72.3 Å². The third kappa shape index (κ3) is 7.23. The smallest absolute Gasteiger partial charge is 0.274 e. The van der Waals surface area contributed by atoms with Gasteiger partial charge in [0.1, 0.15) is 5.69 Å². The van der Waals surface area contributed by atoms with Crippen LogP contribution < -0.4 is 10.6 Å². The summed E-state index contributed by atoms with van der Waals surface area (Å²) in [6, 6.07) is 10.5. The molecule has 0 aliphatic rings. The second-order valence-corrected chi connectivity index (χ2v) is 10.2. The Morgan fingerprint density at radius 3 is 2.51 bits per heavy atom. The molecule has 1 atom stereocenters. The van der Waals surface area contributed by atoms with E-state index >= 15 is 0 Å². The fourth-order valence-electron chi connectivity index (χ4n) is 4.07. The first-order valence-corrected chi connectivity index (χ1v) is 12.4. The Morgan fingerprint density at radius 1 is 1.14 bits per heavy atom. The molecule has 2 aromatic heterocycles. The minimum absolute atomic E-state index is 0.0579. The molecule has 35 heavy (non-hydrogen) atoms. The van der Waals surface area contributed by atoms with Crippen molar-refractivity contribution in [3.8, 4) is 5.69 Å². The first-order valence-electron chi connectivity index (χ1n) is 12.4. The Bertz CT molecular complexity index is 1130. The van der Waals surface area contributed by atoms with Gasteiger partial charge in [-0.15, -0.1) is 0 Å². The molecule has 1 unspecified atom stereocenters. The first-order chi connectivity index (χ1) is 16.6. The van der Waals surface area contributed by atoms with Gasteiger partial charge in [0.2, 0.25) is 0 Å². The van der Waals surface area contributed by atoms with Gasteiger partial charge in [-0.2, -0.15) is 0 Å². The fraction of sp³-hybridized carbons (Fsp3) is 0.464. The van der Waals surface area contributed by atoms with E-state index in [1.165, 1.54) is 0 Å². The number of amides is 1. The van der Waals surface area contributed by atoms with Gasteiger partial charge in [-0.25, -0.2) is 4.98 Å². The Kier molecular flexibility index (Phi) is 8.81. The van der Waals surface area contributed by atoms with Crippen LogP contribution in [0.25, 0.3) is 5.69 Å². The number of hydrogen-bond donors (Lipinski definition) is 2. The molecule has 2 heterocycles. The standard InChI is InChI=1S/C28H40N6O/c1-8-23(29-7)18-33(9-2)17-21-12-24(15-25(13-21)34-16-20(3)31-19-34)32-27(35)26-14-22(10-11-30-26)28(4,5)6/h10-16,19,23,29H,8-9,17-18H2,1-7H3,(H,32,35). The van der Waals surface area contributed by atoms with Crippen molar-refractivity contribution < 1.29 is 4.79 Å². The highest BCUT2D eigenvalue weighted by atomic mass is 16.1. The van der Waals surface area contributed by atoms with Crippen LogP contribution in [-0.4, -0.2) is 51.5 Å². The third-order valence-corrected chi connectivity index (χ3v) is 6.34. The van der Waals surface area contributed by atoms with Gasteiger partial charge in [-0.3, -0.25) is 14.7 Å². The number of rotatable bonds is 10. The summed E-state index contributed by atoms with van der Waals surface area (Å²) >= 11 is 0. The number of aromatic nitrogens is 3. The van der Waals surface area contributed by atoms with Gasteiger partial charge in [0, 0.05) is 42.9 Å². The van der Waals surface area contributed by atoms with Crippen molar-refractivity contribution in [1.82, 2.24) is 24.8 Å². The van der Waals surface area contributed by atoms with E-state index in [1.54, 1.807) is 12.5 Å². The van der Waals surface area contributed by atoms with E-state index in [0.717, 1.165) is 54.3 Å². The maximum absolute atomic E-state index is 13.1. The number of imidazole rings is 1. The molecule has 188 valence electrons. The summed E-state index contributed by atoms with van der Waals surface area (Å²) in [5, 5.41) is 6.48. The van der Waals surface area contributed by atoms with Crippen molar-refractivity contribution in [2.75, 3.05) is 25.5 Å². The van der Waals surface area contributed by atoms with Crippen molar-refractivity contribution in [1.29, 1.82) is 0 Å². The van der Waals surface area contributed by atoms with Crippen molar-refractivity contribution in [2.45, 2.75) is 66.0 Å². The number of carbonyl (C=O) groups is 1. The second kappa shape index (κ2) is 11.6. The Balaban J connectivity index is 1.91. The van der Waals surface area contributed by atoms with Gasteiger partial charge in [0.25, 0.3) is 5.91 Å². The van der Waals surface area contributed by atoms with Crippen LogP contribution in [0.4, 0.5) is 5.69 Å². The van der Waals surface area contributed by atoms with E-state index in [-0.39, 0.29) is 11.3 Å². The maximum Gasteiger partial charge on any atom is 0.274 e. The zero-order valence-corrected chi connectivity index (χ0v) is 22.2. The van der Waals surface area contributed by atoms with Crippen molar-refractivity contribution >= 4 is 11.6 Å². The van der Waals surface area contributed by atoms with Crippen LogP contribution in [0.2, 0.25) is 0 Å². The van der Waals surface area contributed by atoms with Gasteiger partial charge in [-0.05, 0) is 73.8 Å². The SMILES string of the molecule is CCC(CN(CC)Cc1cc(NC(=O)c2cc(C(C)(C)C)ccn2)cc(-n2cnc(C)c2)c1)NC. The van der Waals surface area contributed by atoms with E-state index < -0.39 is 0 Å². The molecule has 7 nitrogen and oxygen atoms in total. The number of nitrogens with one attached hydrogen (secondary N) is 2. The molecular weight excluding hydrogens is 436 g/mol. The number of aryl methyl sites for hydroxylation is 1. The molecule has 2 N–H and O–H groups in total. The number of anilines is 1. The molecule has 0 radical (unpaired) electrons. The molecule has 0 bridgehead atoms. The minimum Gasteiger partial charge on any atom is -0.321 e. The summed E-state index contributed by atoms with van der Waals surface area (Å²) in [6.45, 7) is 15.4. The lowest BCUT2D eigenvalue weighted by Gasteiger charge is -2.26. The van der Waals surface area contributed by atoms with Gasteiger partial charge < -0.3 is 15.2 Å². The van der Waals surface area contributed by atoms with Gasteiger partial charge in [0.05, 0.1) is 12.0 Å². The molecule has 1 amide bonds. The van der Waals surface area contributed by atoms with Crippen molar-refractivity contribution in [3.05, 3.63) is 71.6 Å². The Hall–Kier alpha value is -3.03. The third-order valence-electron chi connectivity index (χ3n) is 6.34. The van der Waals surface area contributed by atoms with Crippen LogP contribution in [0.3, 0.4) is 0 Å². The monoisotopic (exact) mass is 476 g/mol. The molecule has 1 aromatic carbocycles. The Labute approximate surface area is 210 Å². The lowest BCUT2D eigenvalue weighted by molar-refractivity contribution is 0.102. The van der Waals surface area contributed by atoms with Crippen LogP contribution in [0.5, 0.6) is 0 Å². The molecule has 0 aliphatic heterocycles. The van der Waals surface area contributed by atoms with E-state index in [1.807, 2.05) is 42.9 Å². The summed E-state index contributed by atoms with van der Waals surface area (Å²) in [5.74, 6) is -0.213. The van der Waals surface area contributed by atoms with Crippen LogP contribution in [0, 0.1) is 6.92 Å². The van der Waals surface area contributed by atoms with Crippen LogP contribution >= 0.6 is 0 Å². The maximum atomic E-state index is 13.1. The number of hydrogen-bond acceptors (Lipinski definition) is 5. The minimum atomic E-state index is -0.213. The van der Waals surface area contributed by atoms with E-state index in [0.29, 0.717) is 11.7 Å². The zero-order chi connectivity index (χ0) is 25.6. The quantitative estimate of drug-likeness (QED) is 0.433. The van der Waals surface area contributed by atoms with Crippen LogP contribution in [-0.2, 0) is 12.0 Å². The van der Waals surface area contributed by atoms with Crippen molar-refractivity contribution in [2.24, 2.45) is 0 Å². The zero-order valence-electron chi connectivity index (χ0n) is 22.2. The number of pyridine rings is 1. The van der Waals surface area contributed by atoms with Crippen molar-refractivity contribution in [3.63, 3.8) is 0 Å². The highest BCUT2D eigenvalue weighted by Gasteiger charge is 2.18. The predicted octanol–water partition coefficient (Wildman–Crippen LogP) is 4.95. The first kappa shape index (κ1) is 26.6. The summed E-state index contributed by atoms with van der Waals surface area (Å²) in [7, 11) is 2.01.